The third-order valence-electron chi connectivity index (χ3n) is 1.48. The van der Waals surface area contributed by atoms with Crippen LogP contribution in [0, 0.1) is 0 Å². The first kappa shape index (κ1) is 12.6. The lowest BCUT2D eigenvalue weighted by Gasteiger charge is -2.03. The molecule has 0 aliphatic carbocycles. The van der Waals surface area contributed by atoms with E-state index in [-0.39, 0.29) is 0 Å². The topological polar surface area (TPSA) is 67.0 Å². The smallest absolute Gasteiger partial charge is 0.276 e. The van der Waals surface area contributed by atoms with E-state index in [0.29, 0.717) is 6.07 Å². The molecular weight excluding hydrogens is 319 g/mol. The second-order valence-electron chi connectivity index (χ2n) is 2.46. The second kappa shape index (κ2) is 4.18. The molecule has 0 bridgehead atoms. The number of alkyl halides is 2. The molecule has 9 heteroatoms. The Morgan fingerprint density at radius 1 is 1.47 bits per heavy atom. The maximum absolute atomic E-state index is 12.3. The number of halogens is 4. The molecule has 0 aliphatic rings. The highest BCUT2D eigenvalue weighted by Gasteiger charge is 2.20. The monoisotopic (exact) mass is 321 g/mol. The summed E-state index contributed by atoms with van der Waals surface area (Å²) in [5.74, 6) is 0. The summed E-state index contributed by atoms with van der Waals surface area (Å²) in [5, 5.41) is -0.634. The molecule has 1 aromatic heterocycles. The van der Waals surface area contributed by atoms with E-state index in [9.17, 15) is 22.0 Å². The van der Waals surface area contributed by atoms with Gasteiger partial charge in [-0.15, -0.1) is 0 Å². The zero-order chi connectivity index (χ0) is 11.8. The van der Waals surface area contributed by atoms with Crippen LogP contribution in [0.1, 0.15) is 12.0 Å². The number of aromatic nitrogens is 1. The van der Waals surface area contributed by atoms with Crippen LogP contribution in [0.4, 0.5) is 8.78 Å². The number of hydrogen-bond donors (Lipinski definition) is 1. The predicted molar refractivity (Wildman–Crippen MR) is 52.8 cm³/mol. The van der Waals surface area contributed by atoms with Crippen molar-refractivity contribution in [3.63, 3.8) is 0 Å². The van der Waals surface area contributed by atoms with Crippen molar-refractivity contribution in [2.75, 3.05) is 0 Å². The Labute approximate surface area is 95.8 Å². The fraction of sp³-hybridized carbons (Fsp3) is 0.167. The van der Waals surface area contributed by atoms with Crippen molar-refractivity contribution in [2.24, 2.45) is 0 Å². The highest BCUT2D eigenvalue weighted by Crippen LogP contribution is 2.24. The number of pyridine rings is 1. The largest absolute Gasteiger partial charge is 0.339 e. The third kappa shape index (κ3) is 2.76. The minimum absolute atomic E-state index is 0.399. The van der Waals surface area contributed by atoms with Gasteiger partial charge in [0.25, 0.3) is 15.5 Å². The number of nitrogens with one attached hydrogen (secondary N) is 1. The third-order valence-corrected chi connectivity index (χ3v) is 3.35. The average Bonchev–Trinajstić information content (AvgIpc) is 1.99. The lowest BCUT2D eigenvalue weighted by molar-refractivity contribution is 0.148. The molecule has 1 heterocycles. The summed E-state index contributed by atoms with van der Waals surface area (Å²) < 4.78 is 45.8. The van der Waals surface area contributed by atoms with Crippen molar-refractivity contribution in [1.29, 1.82) is 0 Å². The van der Waals surface area contributed by atoms with Crippen LogP contribution in [0.3, 0.4) is 0 Å². The van der Waals surface area contributed by atoms with Crippen LogP contribution in [0.25, 0.3) is 0 Å². The van der Waals surface area contributed by atoms with Crippen LogP contribution in [0.15, 0.2) is 20.5 Å². The van der Waals surface area contributed by atoms with Crippen molar-refractivity contribution in [3.05, 3.63) is 26.5 Å². The summed E-state index contributed by atoms with van der Waals surface area (Å²) in [5.41, 5.74) is -1.94. The van der Waals surface area contributed by atoms with Crippen molar-refractivity contribution in [1.82, 2.24) is 4.98 Å². The molecule has 0 unspecified atom stereocenters. The Kier molecular flexibility index (Phi) is 3.51. The van der Waals surface area contributed by atoms with E-state index in [4.69, 9.17) is 10.7 Å². The summed E-state index contributed by atoms with van der Waals surface area (Å²) in [6, 6.07) is 0.509. The van der Waals surface area contributed by atoms with Gasteiger partial charge in [-0.3, -0.25) is 4.79 Å². The number of aromatic amines is 1. The van der Waals surface area contributed by atoms with Crippen LogP contribution < -0.4 is 5.43 Å². The molecule has 0 saturated heterocycles. The first-order valence-electron chi connectivity index (χ1n) is 3.39. The highest BCUT2D eigenvalue weighted by atomic mass is 79.9. The number of rotatable bonds is 2. The van der Waals surface area contributed by atoms with Gasteiger partial charge in [0.05, 0.1) is 10.2 Å². The number of H-pyrrole nitrogens is 1. The van der Waals surface area contributed by atoms with Gasteiger partial charge in [0.1, 0.15) is 0 Å². The Morgan fingerprint density at radius 3 is 2.33 bits per heavy atom. The normalized spacial score (nSPS) is 12.1. The molecule has 0 aliphatic heterocycles. The predicted octanol–water partition coefficient (Wildman–Crippen LogP) is 2.00. The van der Waals surface area contributed by atoms with E-state index in [1.807, 2.05) is 0 Å². The van der Waals surface area contributed by atoms with E-state index in [2.05, 4.69) is 20.9 Å². The molecule has 1 aromatic rings. The van der Waals surface area contributed by atoms with Crippen molar-refractivity contribution >= 4 is 35.7 Å². The maximum Gasteiger partial charge on any atom is 0.276 e. The minimum atomic E-state index is -4.15. The van der Waals surface area contributed by atoms with Gasteiger partial charge in [-0.2, -0.15) is 0 Å². The van der Waals surface area contributed by atoms with Crippen LogP contribution in [-0.2, 0) is 9.05 Å². The van der Waals surface area contributed by atoms with Crippen LogP contribution in [-0.4, -0.2) is 13.4 Å². The van der Waals surface area contributed by atoms with Crippen LogP contribution in [0.5, 0.6) is 0 Å². The van der Waals surface area contributed by atoms with Crippen LogP contribution in [0.2, 0.25) is 0 Å². The molecule has 0 spiro atoms. The SMILES string of the molecule is O=c1cc(S(=O)(=O)Cl)[nH]c(Br)c1C(F)F. The van der Waals surface area contributed by atoms with E-state index >= 15 is 0 Å². The number of hydrogen-bond acceptors (Lipinski definition) is 3. The summed E-state index contributed by atoms with van der Waals surface area (Å²) in [6.45, 7) is 0. The second-order valence-corrected chi connectivity index (χ2v) is 5.79. The minimum Gasteiger partial charge on any atom is -0.339 e. The highest BCUT2D eigenvalue weighted by molar-refractivity contribution is 9.10. The molecule has 0 radical (unpaired) electrons. The van der Waals surface area contributed by atoms with Gasteiger partial charge < -0.3 is 4.98 Å². The summed E-state index contributed by atoms with van der Waals surface area (Å²) in [6.07, 6.45) is -3.00. The quantitative estimate of drug-likeness (QED) is 0.669. The Balaban J connectivity index is 3.53. The molecule has 1 N–H and O–H groups in total. The molecule has 0 fully saturated rings. The van der Waals surface area contributed by atoms with Crippen molar-refractivity contribution in [2.45, 2.75) is 11.5 Å². The van der Waals surface area contributed by atoms with Gasteiger partial charge in [0.2, 0.25) is 0 Å². The van der Waals surface area contributed by atoms with E-state index < -0.39 is 36.1 Å². The molecule has 15 heavy (non-hydrogen) atoms. The molecule has 84 valence electrons. The average molecular weight is 323 g/mol. The molecule has 0 saturated carbocycles. The van der Waals surface area contributed by atoms with Gasteiger partial charge in [0, 0.05) is 16.7 Å². The van der Waals surface area contributed by atoms with Gasteiger partial charge >= 0.3 is 0 Å². The zero-order valence-corrected chi connectivity index (χ0v) is 9.96. The molecule has 4 nitrogen and oxygen atoms in total. The molecule has 1 rings (SSSR count). The summed E-state index contributed by atoms with van der Waals surface area (Å²) in [7, 11) is 0.780. The van der Waals surface area contributed by atoms with Gasteiger partial charge in [0.15, 0.2) is 10.5 Å². The Morgan fingerprint density at radius 2 is 2.00 bits per heavy atom. The molecular formula is C6H3BrClF2NO3S. The summed E-state index contributed by atoms with van der Waals surface area (Å²) >= 11 is 2.63. The summed E-state index contributed by atoms with van der Waals surface area (Å²) in [4.78, 5) is 13.2. The molecule has 0 aromatic carbocycles. The maximum atomic E-state index is 12.3. The first-order chi connectivity index (χ1) is 6.73. The van der Waals surface area contributed by atoms with Gasteiger partial charge in [-0.05, 0) is 15.9 Å². The van der Waals surface area contributed by atoms with Crippen LogP contribution >= 0.6 is 26.6 Å². The lowest BCUT2D eigenvalue weighted by Crippen LogP contribution is -2.13. The van der Waals surface area contributed by atoms with Gasteiger partial charge in [-0.1, -0.05) is 0 Å². The van der Waals surface area contributed by atoms with Gasteiger partial charge in [-0.25, -0.2) is 17.2 Å². The first-order valence-corrected chi connectivity index (χ1v) is 6.49. The van der Waals surface area contributed by atoms with E-state index in [0.717, 1.165) is 0 Å². The lowest BCUT2D eigenvalue weighted by atomic mass is 10.3. The standard InChI is InChI=1S/C6H3BrClF2NO3S/c7-5-4(6(9)10)2(12)1-3(11-5)15(8,13)14/h1,6H,(H,11,12). The van der Waals surface area contributed by atoms with Crippen molar-refractivity contribution in [3.8, 4) is 0 Å². The molecule has 0 atom stereocenters. The Hall–Kier alpha value is -0.470. The molecule has 0 amide bonds. The van der Waals surface area contributed by atoms with E-state index in [1.165, 1.54) is 0 Å². The fourth-order valence-corrected chi connectivity index (χ4v) is 2.29. The zero-order valence-electron chi connectivity index (χ0n) is 6.80. The van der Waals surface area contributed by atoms with Crippen molar-refractivity contribution < 1.29 is 17.2 Å². The Bertz CT molecular complexity index is 542. The fourth-order valence-electron chi connectivity index (χ4n) is 0.851. The van der Waals surface area contributed by atoms with E-state index in [1.54, 1.807) is 0 Å².